The second kappa shape index (κ2) is 12.1. The molecule has 3 rings (SSSR count). The van der Waals surface area contributed by atoms with Crippen molar-refractivity contribution in [3.05, 3.63) is 77.9 Å². The normalized spacial score (nSPS) is 12.6. The van der Waals surface area contributed by atoms with Crippen molar-refractivity contribution in [1.82, 2.24) is 0 Å². The predicted octanol–water partition coefficient (Wildman–Crippen LogP) is 5.80. The first-order chi connectivity index (χ1) is 16.7. The summed E-state index contributed by atoms with van der Waals surface area (Å²) in [6.07, 6.45) is -0.479. The second-order valence-corrected chi connectivity index (χ2v) is 7.61. The van der Waals surface area contributed by atoms with Crippen molar-refractivity contribution in [3.63, 3.8) is 0 Å². The summed E-state index contributed by atoms with van der Waals surface area (Å²) in [4.78, 5) is 16.3. The van der Waals surface area contributed by atoms with Gasteiger partial charge in [-0.25, -0.2) is 4.79 Å². The van der Waals surface area contributed by atoms with Crippen LogP contribution in [0.25, 0.3) is 10.8 Å². The van der Waals surface area contributed by atoms with Gasteiger partial charge in [-0.1, -0.05) is 36.4 Å². The van der Waals surface area contributed by atoms with Gasteiger partial charge in [0.2, 0.25) is 0 Å². The molecule has 0 amide bonds. The van der Waals surface area contributed by atoms with E-state index in [1.54, 1.807) is 13.0 Å². The minimum atomic E-state index is -4.69. The number of nitriles is 1. The van der Waals surface area contributed by atoms with E-state index in [1.807, 2.05) is 42.5 Å². The van der Waals surface area contributed by atoms with Crippen LogP contribution >= 0.6 is 12.0 Å². The molecule has 0 aliphatic carbocycles. The van der Waals surface area contributed by atoms with Crippen molar-refractivity contribution in [1.29, 1.82) is 5.26 Å². The fraction of sp³-hybridized carbons (Fsp3) is 0.174. The Morgan fingerprint density at radius 2 is 1.80 bits per heavy atom. The Morgan fingerprint density at radius 1 is 1.09 bits per heavy atom. The van der Waals surface area contributed by atoms with E-state index < -0.39 is 29.6 Å². The lowest BCUT2D eigenvalue weighted by Gasteiger charge is -2.15. The van der Waals surface area contributed by atoms with Crippen LogP contribution in [-0.4, -0.2) is 23.8 Å². The van der Waals surface area contributed by atoms with Gasteiger partial charge in [0.05, 0.1) is 0 Å². The first-order valence-corrected chi connectivity index (χ1v) is 10.6. The molecule has 0 heterocycles. The Labute approximate surface area is 201 Å². The van der Waals surface area contributed by atoms with E-state index in [9.17, 15) is 18.0 Å². The maximum absolute atomic E-state index is 12.2. The van der Waals surface area contributed by atoms with Crippen LogP contribution in [0.4, 0.5) is 13.2 Å². The van der Waals surface area contributed by atoms with Crippen LogP contribution in [0.5, 0.6) is 5.75 Å². The number of rotatable bonds is 10. The molecule has 3 aromatic rings. The number of halogens is 3. The van der Waals surface area contributed by atoms with Gasteiger partial charge in [-0.3, -0.25) is 0 Å². The molecule has 182 valence electrons. The predicted molar refractivity (Wildman–Crippen MR) is 119 cm³/mol. The van der Waals surface area contributed by atoms with Crippen molar-refractivity contribution in [2.24, 2.45) is 5.16 Å². The largest absolute Gasteiger partial charge is 0.482 e. The number of benzene rings is 3. The van der Waals surface area contributed by atoms with Crippen molar-refractivity contribution < 1.29 is 41.8 Å². The van der Waals surface area contributed by atoms with Crippen LogP contribution in [-0.2, 0) is 23.9 Å². The number of oxime groups is 1. The molecule has 3 aromatic carbocycles. The van der Waals surface area contributed by atoms with E-state index >= 15 is 0 Å². The number of fused-ring (bicyclic) bond motifs is 1. The minimum absolute atomic E-state index is 0.249. The average molecular weight is 506 g/mol. The smallest absolute Gasteiger partial charge is 0.471 e. The minimum Gasteiger partial charge on any atom is -0.482 e. The number of hydrogen-bond acceptors (Lipinski definition) is 9. The molecule has 0 radical (unpaired) electrons. The van der Waals surface area contributed by atoms with E-state index in [2.05, 4.69) is 19.5 Å². The van der Waals surface area contributed by atoms with Gasteiger partial charge in [-0.05, 0) is 58.7 Å². The van der Waals surface area contributed by atoms with E-state index in [1.165, 1.54) is 24.3 Å². The highest BCUT2D eigenvalue weighted by atomic mass is 32.2. The number of ether oxygens (including phenoxy) is 2. The van der Waals surface area contributed by atoms with Gasteiger partial charge in [-0.15, -0.1) is 4.33 Å². The Kier molecular flexibility index (Phi) is 8.91. The van der Waals surface area contributed by atoms with Gasteiger partial charge in [0, 0.05) is 10.6 Å². The zero-order valence-corrected chi connectivity index (χ0v) is 18.8. The van der Waals surface area contributed by atoms with Crippen molar-refractivity contribution in [2.75, 3.05) is 6.61 Å². The van der Waals surface area contributed by atoms with E-state index in [0.29, 0.717) is 5.75 Å². The molecule has 0 fully saturated rings. The summed E-state index contributed by atoms with van der Waals surface area (Å²) >= 11 is -0.953. The number of hydrogen-bond donors (Lipinski definition) is 0. The molecule has 0 saturated carbocycles. The number of nitrogens with zero attached hydrogens (tertiary/aromatic N) is 2. The number of esters is 1. The molecule has 0 aromatic heterocycles. The lowest BCUT2D eigenvalue weighted by atomic mass is 10.0. The summed E-state index contributed by atoms with van der Waals surface area (Å²) in [5.41, 5.74) is -3.90. The number of carbonyl (C=O) groups excluding carboxylic acids is 1. The Balaban J connectivity index is 1.48. The van der Waals surface area contributed by atoms with Crippen LogP contribution in [0, 0.1) is 11.3 Å². The number of alkyl halides is 3. The van der Waals surface area contributed by atoms with Gasteiger partial charge in [-0.2, -0.15) is 23.4 Å². The molecular weight excluding hydrogens is 489 g/mol. The summed E-state index contributed by atoms with van der Waals surface area (Å²) in [5.74, 6) is -0.264. The zero-order valence-electron chi connectivity index (χ0n) is 18.0. The molecule has 1 atom stereocenters. The first-order valence-electron chi connectivity index (χ1n) is 9.89. The van der Waals surface area contributed by atoms with Crippen LogP contribution < -0.4 is 4.74 Å². The van der Waals surface area contributed by atoms with Gasteiger partial charge < -0.3 is 9.47 Å². The summed E-state index contributed by atoms with van der Waals surface area (Å²) < 4.78 is 50.2. The molecule has 1 unspecified atom stereocenters. The monoisotopic (exact) mass is 506 g/mol. The fourth-order valence-corrected chi connectivity index (χ4v) is 3.00. The molecule has 0 aliphatic heterocycles. The Bertz CT molecular complexity index is 1230. The third-order valence-electron chi connectivity index (χ3n) is 4.46. The SMILES string of the molecule is CC(OC(=O)COc1ccc(/C(C#N)=N/OOOSC(F)(F)F)cc1)c1ccc2ccccc2c1. The lowest BCUT2D eigenvalue weighted by molar-refractivity contribution is -0.463. The molecule has 12 heteroatoms. The summed E-state index contributed by atoms with van der Waals surface area (Å²) in [7, 11) is 0. The molecule has 35 heavy (non-hydrogen) atoms. The van der Waals surface area contributed by atoms with Gasteiger partial charge in [0.15, 0.2) is 12.3 Å². The maximum Gasteiger partial charge on any atom is 0.471 e. The summed E-state index contributed by atoms with van der Waals surface area (Å²) in [6.45, 7) is 1.42. The quantitative estimate of drug-likeness (QED) is 0.0850. The average Bonchev–Trinajstić information content (AvgIpc) is 2.84. The van der Waals surface area contributed by atoms with Crippen molar-refractivity contribution >= 4 is 34.5 Å². The van der Waals surface area contributed by atoms with E-state index in [0.717, 1.165) is 16.3 Å². The zero-order chi connectivity index (χ0) is 25.3. The first kappa shape index (κ1) is 25.8. The van der Waals surface area contributed by atoms with Crippen molar-refractivity contribution in [2.45, 2.75) is 18.5 Å². The van der Waals surface area contributed by atoms with Gasteiger partial charge >= 0.3 is 11.5 Å². The maximum atomic E-state index is 12.2. The highest BCUT2D eigenvalue weighted by Crippen LogP contribution is 2.31. The molecule has 0 aliphatic rings. The number of carbonyl (C=O) groups is 1. The third kappa shape index (κ3) is 8.18. The standard InChI is InChI=1S/C23H17F3N2O6S/c1-15(18-7-6-16-4-2-3-5-19(16)12-18)31-22(29)14-30-20-10-8-17(9-11-20)21(13-27)28-32-33-34-35-23(24,25)26/h2-12,15H,14H2,1H3/b28-21+. The van der Waals surface area contributed by atoms with Gasteiger partial charge in [0.25, 0.3) is 0 Å². The fourth-order valence-electron chi connectivity index (χ4n) is 2.87. The highest BCUT2D eigenvalue weighted by molar-refractivity contribution is 7.95. The summed E-state index contributed by atoms with van der Waals surface area (Å²) in [5, 5.41) is 18.2. The van der Waals surface area contributed by atoms with Crippen molar-refractivity contribution in [3.8, 4) is 11.8 Å². The van der Waals surface area contributed by atoms with Crippen LogP contribution in [0.15, 0.2) is 71.9 Å². The second-order valence-electron chi connectivity index (χ2n) is 6.84. The van der Waals surface area contributed by atoms with Gasteiger partial charge in [0.1, 0.15) is 30.0 Å². The van der Waals surface area contributed by atoms with Crippen LogP contribution in [0.2, 0.25) is 0 Å². The highest BCUT2D eigenvalue weighted by Gasteiger charge is 2.31. The molecule has 0 bridgehead atoms. The van der Waals surface area contributed by atoms with E-state index in [-0.39, 0.29) is 17.9 Å². The Morgan fingerprint density at radius 3 is 2.49 bits per heavy atom. The molecule has 0 N–H and O–H groups in total. The van der Waals surface area contributed by atoms with Crippen LogP contribution in [0.1, 0.15) is 24.2 Å². The molecule has 0 spiro atoms. The third-order valence-corrected chi connectivity index (χ3v) is 4.77. The lowest BCUT2D eigenvalue weighted by Crippen LogP contribution is -2.17. The molecule has 8 nitrogen and oxygen atoms in total. The molecular formula is C23H17F3N2O6S. The summed E-state index contributed by atoms with van der Waals surface area (Å²) in [6, 6.07) is 21.1. The van der Waals surface area contributed by atoms with E-state index in [4.69, 9.17) is 14.7 Å². The topological polar surface area (TPSA) is 99.4 Å². The van der Waals surface area contributed by atoms with Crippen LogP contribution in [0.3, 0.4) is 0 Å². The molecule has 0 saturated heterocycles. The Hall–Kier alpha value is -3.79.